The molecule has 0 radical (unpaired) electrons. The predicted octanol–water partition coefficient (Wildman–Crippen LogP) is 2.20. The Bertz CT molecular complexity index is 709. The number of hydrogen-bond acceptors (Lipinski definition) is 5. The Hall–Kier alpha value is -2.28. The lowest BCUT2D eigenvalue weighted by Gasteiger charge is -2.30. The number of rotatable bonds is 4. The Morgan fingerprint density at radius 1 is 1.22 bits per heavy atom. The minimum Gasteiger partial charge on any atom is -0.386 e. The van der Waals surface area contributed by atoms with Gasteiger partial charge in [-0.1, -0.05) is 36.4 Å². The van der Waals surface area contributed by atoms with Gasteiger partial charge in [-0.3, -0.25) is 15.4 Å². The van der Waals surface area contributed by atoms with Gasteiger partial charge >= 0.3 is 0 Å². The van der Waals surface area contributed by atoms with E-state index in [2.05, 4.69) is 10.6 Å². The van der Waals surface area contributed by atoms with Gasteiger partial charge in [0.15, 0.2) is 0 Å². The van der Waals surface area contributed by atoms with Gasteiger partial charge in [0.1, 0.15) is 0 Å². The molecule has 1 aliphatic heterocycles. The average molecular weight is 313 g/mol. The van der Waals surface area contributed by atoms with Crippen molar-refractivity contribution < 1.29 is 10.0 Å². The molecular weight excluding hydrogens is 294 g/mol. The summed E-state index contributed by atoms with van der Waals surface area (Å²) >= 11 is 0. The molecule has 0 aliphatic carbocycles. The van der Waals surface area contributed by atoms with Gasteiger partial charge in [0, 0.05) is 25.3 Å². The summed E-state index contributed by atoms with van der Waals surface area (Å²) in [6, 6.07) is 14.0. The summed E-state index contributed by atoms with van der Waals surface area (Å²) in [5, 5.41) is 27.9. The molecule has 1 saturated heterocycles. The maximum absolute atomic E-state index is 10.9. The third-order valence-corrected chi connectivity index (χ3v) is 4.33. The Labute approximate surface area is 134 Å². The SMILES string of the molecule is CC1(C(O)c2ccc(-c3cccc([N+](=O)[O-])c3)cc2)CNCN1. The molecule has 1 aliphatic rings. The third kappa shape index (κ3) is 3.10. The van der Waals surface area contributed by atoms with Gasteiger partial charge in [-0.2, -0.15) is 0 Å². The Balaban J connectivity index is 1.85. The number of aliphatic hydroxyl groups excluding tert-OH is 1. The van der Waals surface area contributed by atoms with Crippen molar-refractivity contribution in [3.63, 3.8) is 0 Å². The number of nitrogens with one attached hydrogen (secondary N) is 2. The Morgan fingerprint density at radius 3 is 2.57 bits per heavy atom. The lowest BCUT2D eigenvalue weighted by atomic mass is 9.89. The first-order valence-electron chi connectivity index (χ1n) is 7.48. The van der Waals surface area contributed by atoms with Crippen molar-refractivity contribution >= 4 is 5.69 Å². The second kappa shape index (κ2) is 6.08. The number of non-ortho nitro benzene ring substituents is 1. The third-order valence-electron chi connectivity index (χ3n) is 4.33. The largest absolute Gasteiger partial charge is 0.386 e. The first-order chi connectivity index (χ1) is 11.0. The standard InChI is InChI=1S/C17H19N3O3/c1-17(10-18-11-19-17)16(21)13-7-5-12(6-8-13)14-3-2-4-15(9-14)20(22)23/h2-9,16,18-19,21H,10-11H2,1H3. The lowest BCUT2D eigenvalue weighted by molar-refractivity contribution is -0.384. The smallest absolute Gasteiger partial charge is 0.270 e. The van der Waals surface area contributed by atoms with Gasteiger partial charge in [0.2, 0.25) is 0 Å². The zero-order chi connectivity index (χ0) is 16.4. The van der Waals surface area contributed by atoms with E-state index in [0.717, 1.165) is 16.7 Å². The van der Waals surface area contributed by atoms with Crippen LogP contribution in [0.1, 0.15) is 18.6 Å². The van der Waals surface area contributed by atoms with Crippen molar-refractivity contribution in [3.05, 3.63) is 64.2 Å². The highest BCUT2D eigenvalue weighted by molar-refractivity contribution is 5.66. The van der Waals surface area contributed by atoms with Gasteiger partial charge in [-0.15, -0.1) is 0 Å². The second-order valence-electron chi connectivity index (χ2n) is 6.03. The summed E-state index contributed by atoms with van der Waals surface area (Å²) in [7, 11) is 0. The number of nitro groups is 1. The van der Waals surface area contributed by atoms with E-state index in [4.69, 9.17) is 0 Å². The molecule has 23 heavy (non-hydrogen) atoms. The van der Waals surface area contributed by atoms with Gasteiger partial charge in [-0.05, 0) is 23.6 Å². The first-order valence-corrected chi connectivity index (χ1v) is 7.48. The molecule has 3 N–H and O–H groups in total. The van der Waals surface area contributed by atoms with Gasteiger partial charge < -0.3 is 10.4 Å². The highest BCUT2D eigenvalue weighted by Gasteiger charge is 2.36. The van der Waals surface area contributed by atoms with E-state index in [0.29, 0.717) is 13.2 Å². The van der Waals surface area contributed by atoms with Gasteiger partial charge in [0.25, 0.3) is 5.69 Å². The fourth-order valence-corrected chi connectivity index (χ4v) is 2.87. The van der Waals surface area contributed by atoms with E-state index in [1.54, 1.807) is 12.1 Å². The number of aliphatic hydroxyl groups is 1. The molecule has 2 unspecified atom stereocenters. The van der Waals surface area contributed by atoms with Crippen LogP contribution in [0.25, 0.3) is 11.1 Å². The summed E-state index contributed by atoms with van der Waals surface area (Å²) in [6.07, 6.45) is -0.628. The summed E-state index contributed by atoms with van der Waals surface area (Å²) in [5.74, 6) is 0. The molecule has 0 amide bonds. The first kappa shape index (κ1) is 15.6. The van der Waals surface area contributed by atoms with Crippen molar-refractivity contribution in [2.75, 3.05) is 13.2 Å². The zero-order valence-corrected chi connectivity index (χ0v) is 12.8. The van der Waals surface area contributed by atoms with Crippen molar-refractivity contribution in [3.8, 4) is 11.1 Å². The molecule has 2 atom stereocenters. The number of nitro benzene ring substituents is 1. The average Bonchev–Trinajstić information content (AvgIpc) is 3.02. The molecule has 1 fully saturated rings. The van der Waals surface area contributed by atoms with E-state index < -0.39 is 16.6 Å². The number of nitrogens with zero attached hydrogens (tertiary/aromatic N) is 1. The molecule has 3 rings (SSSR count). The van der Waals surface area contributed by atoms with E-state index in [1.807, 2.05) is 37.3 Å². The minimum atomic E-state index is -0.628. The summed E-state index contributed by atoms with van der Waals surface area (Å²) < 4.78 is 0. The second-order valence-corrected chi connectivity index (χ2v) is 6.03. The van der Waals surface area contributed by atoms with Crippen LogP contribution in [0.3, 0.4) is 0 Å². The van der Waals surface area contributed by atoms with Crippen LogP contribution in [-0.2, 0) is 0 Å². The highest BCUT2D eigenvalue weighted by atomic mass is 16.6. The van der Waals surface area contributed by atoms with E-state index in [9.17, 15) is 15.2 Å². The number of benzene rings is 2. The van der Waals surface area contributed by atoms with Crippen LogP contribution in [0, 0.1) is 10.1 Å². The van der Waals surface area contributed by atoms with Crippen LogP contribution >= 0.6 is 0 Å². The van der Waals surface area contributed by atoms with Crippen molar-refractivity contribution in [1.82, 2.24) is 10.6 Å². The molecule has 0 saturated carbocycles. The Morgan fingerprint density at radius 2 is 1.96 bits per heavy atom. The molecule has 6 nitrogen and oxygen atoms in total. The highest BCUT2D eigenvalue weighted by Crippen LogP contribution is 2.30. The monoisotopic (exact) mass is 313 g/mol. The van der Waals surface area contributed by atoms with Crippen LogP contribution in [-0.4, -0.2) is 28.8 Å². The van der Waals surface area contributed by atoms with Gasteiger partial charge in [0.05, 0.1) is 16.6 Å². The molecule has 1 heterocycles. The molecule has 120 valence electrons. The van der Waals surface area contributed by atoms with E-state index in [1.165, 1.54) is 6.07 Å². The van der Waals surface area contributed by atoms with Crippen LogP contribution in [0.4, 0.5) is 5.69 Å². The zero-order valence-electron chi connectivity index (χ0n) is 12.8. The fraction of sp³-hybridized carbons (Fsp3) is 0.294. The van der Waals surface area contributed by atoms with E-state index in [-0.39, 0.29) is 5.69 Å². The summed E-state index contributed by atoms with van der Waals surface area (Å²) in [5.41, 5.74) is 2.16. The molecular formula is C17H19N3O3. The van der Waals surface area contributed by atoms with Crippen LogP contribution in [0.2, 0.25) is 0 Å². The van der Waals surface area contributed by atoms with Crippen LogP contribution in [0.15, 0.2) is 48.5 Å². The minimum absolute atomic E-state index is 0.0698. The maximum atomic E-state index is 10.9. The van der Waals surface area contributed by atoms with Crippen molar-refractivity contribution in [2.24, 2.45) is 0 Å². The van der Waals surface area contributed by atoms with Gasteiger partial charge in [-0.25, -0.2) is 0 Å². The fourth-order valence-electron chi connectivity index (χ4n) is 2.87. The summed E-state index contributed by atoms with van der Waals surface area (Å²) in [4.78, 5) is 10.5. The summed E-state index contributed by atoms with van der Waals surface area (Å²) in [6.45, 7) is 3.35. The number of hydrogen-bond donors (Lipinski definition) is 3. The molecule has 0 aromatic heterocycles. The topological polar surface area (TPSA) is 87.4 Å². The molecule has 0 bridgehead atoms. The molecule has 0 spiro atoms. The van der Waals surface area contributed by atoms with Crippen LogP contribution in [0.5, 0.6) is 0 Å². The van der Waals surface area contributed by atoms with Crippen molar-refractivity contribution in [1.29, 1.82) is 0 Å². The normalized spacial score (nSPS) is 22.0. The molecule has 2 aromatic carbocycles. The lowest BCUT2D eigenvalue weighted by Crippen LogP contribution is -2.45. The molecule has 6 heteroatoms. The molecule has 2 aromatic rings. The quantitative estimate of drug-likeness (QED) is 0.595. The van der Waals surface area contributed by atoms with E-state index >= 15 is 0 Å². The maximum Gasteiger partial charge on any atom is 0.270 e. The Kier molecular flexibility index (Phi) is 4.12. The predicted molar refractivity (Wildman–Crippen MR) is 87.9 cm³/mol. The van der Waals surface area contributed by atoms with Crippen LogP contribution < -0.4 is 10.6 Å². The van der Waals surface area contributed by atoms with Crippen molar-refractivity contribution in [2.45, 2.75) is 18.6 Å².